The standard InChI is InChI=1S/C17H25NO4/c1-12(2)13-5-6-16(20)15(10-13)17(21)18-7-3-4-14(11-18)22-9-8-19/h5-6,10,12,14,19-20H,3-4,7-9,11H2,1-2H3. The van der Waals surface area contributed by atoms with Gasteiger partial charge < -0.3 is 19.8 Å². The smallest absolute Gasteiger partial charge is 0.257 e. The summed E-state index contributed by atoms with van der Waals surface area (Å²) in [6, 6.07) is 5.22. The molecule has 0 spiro atoms. The van der Waals surface area contributed by atoms with Gasteiger partial charge in [-0.05, 0) is 36.5 Å². The van der Waals surface area contributed by atoms with Crippen molar-refractivity contribution >= 4 is 5.91 Å². The Morgan fingerprint density at radius 1 is 1.45 bits per heavy atom. The van der Waals surface area contributed by atoms with Crippen molar-refractivity contribution < 1.29 is 19.7 Å². The number of hydrogen-bond acceptors (Lipinski definition) is 4. The van der Waals surface area contributed by atoms with Crippen LogP contribution in [-0.2, 0) is 4.74 Å². The molecule has 1 atom stereocenters. The van der Waals surface area contributed by atoms with E-state index in [0.717, 1.165) is 18.4 Å². The molecular weight excluding hydrogens is 282 g/mol. The molecule has 1 aromatic carbocycles. The van der Waals surface area contributed by atoms with Gasteiger partial charge in [0, 0.05) is 13.1 Å². The fraction of sp³-hybridized carbons (Fsp3) is 0.588. The Hall–Kier alpha value is -1.59. The predicted octanol–water partition coefficient (Wildman–Crippen LogP) is 2.13. The molecule has 1 amide bonds. The Bertz CT molecular complexity index is 515. The van der Waals surface area contributed by atoms with Gasteiger partial charge in [0.2, 0.25) is 0 Å². The molecule has 122 valence electrons. The molecule has 1 aliphatic rings. The minimum Gasteiger partial charge on any atom is -0.507 e. The van der Waals surface area contributed by atoms with Crippen LogP contribution in [-0.4, -0.2) is 53.4 Å². The number of amides is 1. The van der Waals surface area contributed by atoms with E-state index in [2.05, 4.69) is 13.8 Å². The van der Waals surface area contributed by atoms with Crippen LogP contribution in [0.15, 0.2) is 18.2 Å². The summed E-state index contributed by atoms with van der Waals surface area (Å²) in [6.07, 6.45) is 1.72. The van der Waals surface area contributed by atoms with E-state index in [4.69, 9.17) is 9.84 Å². The van der Waals surface area contributed by atoms with Crippen molar-refractivity contribution in [1.82, 2.24) is 4.90 Å². The van der Waals surface area contributed by atoms with E-state index in [1.807, 2.05) is 6.07 Å². The number of carbonyl (C=O) groups is 1. The van der Waals surface area contributed by atoms with Gasteiger partial charge in [-0.1, -0.05) is 19.9 Å². The van der Waals surface area contributed by atoms with Crippen molar-refractivity contribution in [3.8, 4) is 5.75 Å². The third-order valence-corrected chi connectivity index (χ3v) is 4.03. The maximum atomic E-state index is 12.7. The fourth-order valence-electron chi connectivity index (χ4n) is 2.73. The molecule has 0 saturated carbocycles. The quantitative estimate of drug-likeness (QED) is 0.874. The van der Waals surface area contributed by atoms with Crippen molar-refractivity contribution in [3.05, 3.63) is 29.3 Å². The third-order valence-electron chi connectivity index (χ3n) is 4.03. The fourth-order valence-corrected chi connectivity index (χ4v) is 2.73. The zero-order valence-electron chi connectivity index (χ0n) is 13.3. The maximum Gasteiger partial charge on any atom is 0.257 e. The number of carbonyl (C=O) groups excluding carboxylic acids is 1. The molecule has 1 aromatic rings. The van der Waals surface area contributed by atoms with E-state index in [1.54, 1.807) is 17.0 Å². The van der Waals surface area contributed by atoms with Crippen LogP contribution in [0.2, 0.25) is 0 Å². The zero-order chi connectivity index (χ0) is 16.1. The minimum absolute atomic E-state index is 0.0122. The molecule has 1 heterocycles. The van der Waals surface area contributed by atoms with E-state index >= 15 is 0 Å². The summed E-state index contributed by atoms with van der Waals surface area (Å²) in [5.41, 5.74) is 1.39. The summed E-state index contributed by atoms with van der Waals surface area (Å²) < 4.78 is 5.53. The first-order chi connectivity index (χ1) is 10.5. The first-order valence-electron chi connectivity index (χ1n) is 7.87. The van der Waals surface area contributed by atoms with Crippen molar-refractivity contribution in [2.45, 2.75) is 38.7 Å². The summed E-state index contributed by atoms with van der Waals surface area (Å²) in [5, 5.41) is 18.8. The summed E-state index contributed by atoms with van der Waals surface area (Å²) in [6.45, 7) is 5.57. The van der Waals surface area contributed by atoms with Crippen LogP contribution < -0.4 is 0 Å². The Balaban J connectivity index is 2.11. The molecule has 5 nitrogen and oxygen atoms in total. The molecule has 0 bridgehead atoms. The second-order valence-electron chi connectivity index (χ2n) is 6.04. The summed E-state index contributed by atoms with van der Waals surface area (Å²) in [5.74, 6) is 0.166. The van der Waals surface area contributed by atoms with Crippen LogP contribution in [0.1, 0.15) is 48.5 Å². The topological polar surface area (TPSA) is 70.0 Å². The predicted molar refractivity (Wildman–Crippen MR) is 84.2 cm³/mol. The number of phenolic OH excluding ortho intramolecular Hbond substituents is 1. The molecule has 5 heteroatoms. The van der Waals surface area contributed by atoms with Gasteiger partial charge in [0.15, 0.2) is 0 Å². The molecule has 1 unspecified atom stereocenters. The first kappa shape index (κ1) is 16.8. The van der Waals surface area contributed by atoms with Crippen molar-refractivity contribution in [2.24, 2.45) is 0 Å². The van der Waals surface area contributed by atoms with Gasteiger partial charge in [-0.25, -0.2) is 0 Å². The van der Waals surface area contributed by atoms with E-state index in [0.29, 0.717) is 31.2 Å². The summed E-state index contributed by atoms with van der Waals surface area (Å²) in [7, 11) is 0. The van der Waals surface area contributed by atoms with E-state index < -0.39 is 0 Å². The molecular formula is C17H25NO4. The molecule has 0 radical (unpaired) electrons. The van der Waals surface area contributed by atoms with E-state index in [1.165, 1.54) is 0 Å². The second-order valence-corrected chi connectivity index (χ2v) is 6.04. The van der Waals surface area contributed by atoms with E-state index in [9.17, 15) is 9.90 Å². The Kier molecular flexibility index (Phi) is 5.80. The largest absolute Gasteiger partial charge is 0.507 e. The number of aliphatic hydroxyl groups excluding tert-OH is 1. The number of rotatable bonds is 5. The molecule has 1 saturated heterocycles. The molecule has 1 aliphatic heterocycles. The maximum absolute atomic E-state index is 12.7. The lowest BCUT2D eigenvalue weighted by Gasteiger charge is -2.33. The summed E-state index contributed by atoms with van der Waals surface area (Å²) >= 11 is 0. The van der Waals surface area contributed by atoms with Gasteiger partial charge in [0.25, 0.3) is 5.91 Å². The number of ether oxygens (including phenoxy) is 1. The highest BCUT2D eigenvalue weighted by Crippen LogP contribution is 2.26. The third kappa shape index (κ3) is 3.99. The van der Waals surface area contributed by atoms with Crippen LogP contribution in [0.5, 0.6) is 5.75 Å². The molecule has 22 heavy (non-hydrogen) atoms. The number of nitrogens with zero attached hydrogens (tertiary/aromatic N) is 1. The number of benzene rings is 1. The summed E-state index contributed by atoms with van der Waals surface area (Å²) in [4.78, 5) is 14.4. The van der Waals surface area contributed by atoms with Crippen molar-refractivity contribution in [1.29, 1.82) is 0 Å². The van der Waals surface area contributed by atoms with E-state index in [-0.39, 0.29) is 24.4 Å². The molecule has 0 aliphatic carbocycles. The average molecular weight is 307 g/mol. The van der Waals surface area contributed by atoms with Gasteiger partial charge >= 0.3 is 0 Å². The molecule has 2 N–H and O–H groups in total. The van der Waals surface area contributed by atoms with Gasteiger partial charge in [0.1, 0.15) is 5.75 Å². The van der Waals surface area contributed by atoms with Crippen LogP contribution >= 0.6 is 0 Å². The number of piperidine rings is 1. The number of aliphatic hydroxyl groups is 1. The van der Waals surface area contributed by atoms with Crippen LogP contribution in [0.4, 0.5) is 0 Å². The minimum atomic E-state index is -0.155. The highest BCUT2D eigenvalue weighted by molar-refractivity contribution is 5.97. The number of aromatic hydroxyl groups is 1. The van der Waals surface area contributed by atoms with Gasteiger partial charge in [-0.2, -0.15) is 0 Å². The van der Waals surface area contributed by atoms with Crippen LogP contribution in [0, 0.1) is 0 Å². The molecule has 0 aromatic heterocycles. The lowest BCUT2D eigenvalue weighted by atomic mass is 9.99. The monoisotopic (exact) mass is 307 g/mol. The Labute approximate surface area is 131 Å². The molecule has 1 fully saturated rings. The Morgan fingerprint density at radius 2 is 2.23 bits per heavy atom. The first-order valence-corrected chi connectivity index (χ1v) is 7.87. The number of likely N-dealkylation sites (tertiary alicyclic amines) is 1. The molecule has 2 rings (SSSR count). The number of hydrogen-bond donors (Lipinski definition) is 2. The van der Waals surface area contributed by atoms with Crippen LogP contribution in [0.25, 0.3) is 0 Å². The normalized spacial score (nSPS) is 18.7. The zero-order valence-corrected chi connectivity index (χ0v) is 13.3. The highest BCUT2D eigenvalue weighted by atomic mass is 16.5. The lowest BCUT2D eigenvalue weighted by Crippen LogP contribution is -2.43. The van der Waals surface area contributed by atoms with Crippen molar-refractivity contribution in [2.75, 3.05) is 26.3 Å². The average Bonchev–Trinajstić information content (AvgIpc) is 2.52. The SMILES string of the molecule is CC(C)c1ccc(O)c(C(=O)N2CCCC(OCCO)C2)c1. The lowest BCUT2D eigenvalue weighted by molar-refractivity contribution is -0.0111. The second kappa shape index (κ2) is 7.61. The van der Waals surface area contributed by atoms with Crippen LogP contribution in [0.3, 0.4) is 0 Å². The van der Waals surface area contributed by atoms with Gasteiger partial charge in [-0.15, -0.1) is 0 Å². The highest BCUT2D eigenvalue weighted by Gasteiger charge is 2.26. The van der Waals surface area contributed by atoms with Gasteiger partial charge in [0.05, 0.1) is 24.9 Å². The van der Waals surface area contributed by atoms with Gasteiger partial charge in [-0.3, -0.25) is 4.79 Å². The number of phenols is 1. The van der Waals surface area contributed by atoms with Crippen molar-refractivity contribution in [3.63, 3.8) is 0 Å². The Morgan fingerprint density at radius 3 is 2.91 bits per heavy atom.